The average molecular weight is 148 g/mol. The third-order valence-electron chi connectivity index (χ3n) is 1.46. The predicted molar refractivity (Wildman–Crippen MR) is 48.5 cm³/mol. The Morgan fingerprint density at radius 2 is 2.55 bits per heavy atom. The Bertz CT molecular complexity index is 224. The first kappa shape index (κ1) is 7.95. The van der Waals surface area contributed by atoms with Crippen molar-refractivity contribution in [3.63, 3.8) is 0 Å². The number of aliphatic imine (C=N–C) groups is 1. The normalized spacial score (nSPS) is 27.0. The van der Waals surface area contributed by atoms with Gasteiger partial charge in [0.2, 0.25) is 0 Å². The fourth-order valence-corrected chi connectivity index (χ4v) is 0.954. The molecule has 2 heteroatoms. The summed E-state index contributed by atoms with van der Waals surface area (Å²) in [6, 6.07) is 0.0868. The van der Waals surface area contributed by atoms with Gasteiger partial charge in [0.15, 0.2) is 0 Å². The molecule has 1 rings (SSSR count). The molecule has 0 aliphatic carbocycles. The smallest absolute Gasteiger partial charge is 0.0300 e. The van der Waals surface area contributed by atoms with E-state index in [0.29, 0.717) is 0 Å². The van der Waals surface area contributed by atoms with Gasteiger partial charge in [0.05, 0.1) is 0 Å². The largest absolute Gasteiger partial charge is 0.324 e. The van der Waals surface area contributed by atoms with Gasteiger partial charge in [0.25, 0.3) is 0 Å². The molecule has 58 valence electrons. The maximum Gasteiger partial charge on any atom is 0.0300 e. The van der Waals surface area contributed by atoms with Gasteiger partial charge in [-0.05, 0) is 18.1 Å². The molecule has 2 N–H and O–H groups in total. The maximum atomic E-state index is 5.71. The second-order valence-electron chi connectivity index (χ2n) is 2.46. The second-order valence-corrected chi connectivity index (χ2v) is 2.46. The summed E-state index contributed by atoms with van der Waals surface area (Å²) in [4.78, 5) is 4.02. The highest BCUT2D eigenvalue weighted by Crippen LogP contribution is 2.06. The van der Waals surface area contributed by atoms with Gasteiger partial charge in [-0.15, -0.1) is 0 Å². The summed E-state index contributed by atoms with van der Waals surface area (Å²) in [5.74, 6) is 0. The minimum Gasteiger partial charge on any atom is -0.324 e. The highest BCUT2D eigenvalue weighted by molar-refractivity contribution is 5.80. The Hall–Kier alpha value is -1.15. The number of allylic oxidation sites excluding steroid dienone is 2. The molecule has 0 aromatic heterocycles. The van der Waals surface area contributed by atoms with Crippen LogP contribution in [0.3, 0.4) is 0 Å². The molecule has 1 aliphatic heterocycles. The van der Waals surface area contributed by atoms with Crippen molar-refractivity contribution in [2.24, 2.45) is 10.7 Å². The molecule has 0 spiro atoms. The van der Waals surface area contributed by atoms with Crippen molar-refractivity contribution in [3.05, 3.63) is 36.6 Å². The first-order valence-corrected chi connectivity index (χ1v) is 3.60. The zero-order chi connectivity index (χ0) is 8.10. The van der Waals surface area contributed by atoms with Crippen LogP contribution in [0, 0.1) is 0 Å². The van der Waals surface area contributed by atoms with E-state index in [0.717, 1.165) is 12.0 Å². The summed E-state index contributed by atoms with van der Waals surface area (Å²) in [5, 5.41) is 0. The molecular weight excluding hydrogens is 136 g/mol. The molecule has 11 heavy (non-hydrogen) atoms. The molecule has 0 saturated heterocycles. The van der Waals surface area contributed by atoms with Crippen LogP contribution in [0.1, 0.15) is 6.42 Å². The van der Waals surface area contributed by atoms with Crippen molar-refractivity contribution in [1.29, 1.82) is 0 Å². The first-order valence-electron chi connectivity index (χ1n) is 3.60. The Labute approximate surface area is 66.8 Å². The number of rotatable bonds is 1. The Morgan fingerprint density at radius 3 is 3.27 bits per heavy atom. The van der Waals surface area contributed by atoms with Crippen molar-refractivity contribution in [2.75, 3.05) is 0 Å². The van der Waals surface area contributed by atoms with Crippen LogP contribution in [0.25, 0.3) is 0 Å². The van der Waals surface area contributed by atoms with Crippen LogP contribution >= 0.6 is 0 Å². The zero-order valence-corrected chi connectivity index (χ0v) is 6.40. The summed E-state index contributed by atoms with van der Waals surface area (Å²) in [6.45, 7) is 3.61. The zero-order valence-electron chi connectivity index (χ0n) is 6.40. The predicted octanol–water partition coefficient (Wildman–Crippen LogP) is 1.41. The van der Waals surface area contributed by atoms with Crippen molar-refractivity contribution in [2.45, 2.75) is 12.5 Å². The van der Waals surface area contributed by atoms with Crippen molar-refractivity contribution >= 4 is 6.21 Å². The molecule has 0 saturated carbocycles. The van der Waals surface area contributed by atoms with Gasteiger partial charge < -0.3 is 5.73 Å². The van der Waals surface area contributed by atoms with E-state index in [1.54, 1.807) is 12.3 Å². The number of nitrogens with zero attached hydrogens (tertiary/aromatic N) is 1. The van der Waals surface area contributed by atoms with E-state index in [1.807, 2.05) is 18.4 Å². The van der Waals surface area contributed by atoms with E-state index in [9.17, 15) is 0 Å². The fourth-order valence-electron chi connectivity index (χ4n) is 0.954. The third kappa shape index (κ3) is 2.51. The van der Waals surface area contributed by atoms with Crippen LogP contribution < -0.4 is 5.73 Å². The van der Waals surface area contributed by atoms with Crippen molar-refractivity contribution in [1.82, 2.24) is 0 Å². The van der Waals surface area contributed by atoms with Gasteiger partial charge in [0, 0.05) is 18.5 Å². The molecular formula is C9H12N2. The lowest BCUT2D eigenvalue weighted by Crippen LogP contribution is -2.16. The summed E-state index contributed by atoms with van der Waals surface area (Å²) >= 11 is 0. The van der Waals surface area contributed by atoms with E-state index in [-0.39, 0.29) is 6.04 Å². The molecule has 0 aromatic rings. The maximum absolute atomic E-state index is 5.71. The summed E-state index contributed by atoms with van der Waals surface area (Å²) in [5.41, 5.74) is 6.84. The third-order valence-corrected chi connectivity index (χ3v) is 1.46. The molecule has 1 aliphatic rings. The van der Waals surface area contributed by atoms with Gasteiger partial charge in [-0.1, -0.05) is 18.7 Å². The van der Waals surface area contributed by atoms with Crippen molar-refractivity contribution in [3.8, 4) is 0 Å². The van der Waals surface area contributed by atoms with Gasteiger partial charge >= 0.3 is 0 Å². The van der Waals surface area contributed by atoms with Gasteiger partial charge in [-0.25, -0.2) is 0 Å². The van der Waals surface area contributed by atoms with Crippen LogP contribution in [0.2, 0.25) is 0 Å². The Balaban J connectivity index is 2.71. The SMILES string of the molecule is C=C/C=C1/C=NC=CC(N)C1. The molecule has 1 unspecified atom stereocenters. The van der Waals surface area contributed by atoms with Gasteiger partial charge in [-0.2, -0.15) is 0 Å². The molecule has 1 atom stereocenters. The lowest BCUT2D eigenvalue weighted by atomic mass is 10.1. The fraction of sp³-hybridized carbons (Fsp3) is 0.222. The minimum absolute atomic E-state index is 0.0868. The number of nitrogens with two attached hydrogens (primary N) is 1. The van der Waals surface area contributed by atoms with E-state index in [4.69, 9.17) is 5.73 Å². The molecule has 0 bridgehead atoms. The molecule has 1 heterocycles. The quantitative estimate of drug-likeness (QED) is 0.600. The van der Waals surface area contributed by atoms with Crippen LogP contribution in [0.5, 0.6) is 0 Å². The van der Waals surface area contributed by atoms with E-state index >= 15 is 0 Å². The summed E-state index contributed by atoms with van der Waals surface area (Å²) in [6.07, 6.45) is 9.95. The number of hydrogen-bond acceptors (Lipinski definition) is 2. The topological polar surface area (TPSA) is 38.4 Å². The molecule has 0 fully saturated rings. The van der Waals surface area contributed by atoms with E-state index in [2.05, 4.69) is 11.6 Å². The Kier molecular flexibility index (Phi) is 2.81. The molecule has 2 nitrogen and oxygen atoms in total. The lowest BCUT2D eigenvalue weighted by Gasteiger charge is -2.02. The molecule has 0 aromatic carbocycles. The van der Waals surface area contributed by atoms with Crippen LogP contribution in [-0.4, -0.2) is 12.3 Å². The summed E-state index contributed by atoms with van der Waals surface area (Å²) in [7, 11) is 0. The molecule has 0 amide bonds. The second kappa shape index (κ2) is 3.88. The van der Waals surface area contributed by atoms with Crippen molar-refractivity contribution < 1.29 is 0 Å². The summed E-state index contributed by atoms with van der Waals surface area (Å²) < 4.78 is 0. The van der Waals surface area contributed by atoms with E-state index < -0.39 is 0 Å². The lowest BCUT2D eigenvalue weighted by molar-refractivity contribution is 0.824. The minimum atomic E-state index is 0.0868. The standard InChI is InChI=1S/C9H12N2/c1-2-3-8-6-9(10)4-5-11-7-8/h2-5,7,9H,1,6,10H2/b8-3+. The van der Waals surface area contributed by atoms with Gasteiger partial charge in [0.1, 0.15) is 0 Å². The molecule has 0 radical (unpaired) electrons. The van der Waals surface area contributed by atoms with Crippen LogP contribution in [0.4, 0.5) is 0 Å². The van der Waals surface area contributed by atoms with Gasteiger partial charge in [-0.3, -0.25) is 4.99 Å². The number of hydrogen-bond donors (Lipinski definition) is 1. The monoisotopic (exact) mass is 148 g/mol. The highest BCUT2D eigenvalue weighted by Gasteiger charge is 2.02. The van der Waals surface area contributed by atoms with E-state index in [1.165, 1.54) is 0 Å². The average Bonchev–Trinajstić information content (AvgIpc) is 2.15. The highest BCUT2D eigenvalue weighted by atomic mass is 14.7. The first-order chi connectivity index (χ1) is 5.33. The Morgan fingerprint density at radius 1 is 1.73 bits per heavy atom. The van der Waals surface area contributed by atoms with Crippen LogP contribution in [0.15, 0.2) is 41.6 Å². The van der Waals surface area contributed by atoms with Crippen LogP contribution in [-0.2, 0) is 0 Å².